The number of aromatic nitrogens is 1. The quantitative estimate of drug-likeness (QED) is 0.414. The number of anilines is 1. The summed E-state index contributed by atoms with van der Waals surface area (Å²) in [6.07, 6.45) is 0.0437. The molecule has 0 saturated carbocycles. The number of benzene rings is 2. The third-order valence-corrected chi connectivity index (χ3v) is 5.90. The first-order chi connectivity index (χ1) is 16.7. The highest BCUT2D eigenvalue weighted by Gasteiger charge is 2.21. The molecule has 35 heavy (non-hydrogen) atoms. The fraction of sp³-hybridized carbons (Fsp3) is 0.280. The Kier molecular flexibility index (Phi) is 9.33. The Bertz CT molecular complexity index is 1170. The molecule has 0 unspecified atom stereocenters. The van der Waals surface area contributed by atoms with Crippen molar-refractivity contribution in [1.29, 1.82) is 0 Å². The minimum Gasteiger partial charge on any atom is -0.352 e. The predicted molar refractivity (Wildman–Crippen MR) is 135 cm³/mol. The van der Waals surface area contributed by atoms with Crippen LogP contribution in [0.5, 0.6) is 0 Å². The fourth-order valence-corrected chi connectivity index (χ4v) is 4.10. The molecule has 2 N–H and O–H groups in total. The number of rotatable bonds is 10. The van der Waals surface area contributed by atoms with Crippen LogP contribution in [0.25, 0.3) is 0 Å². The van der Waals surface area contributed by atoms with Gasteiger partial charge in [0.1, 0.15) is 12.4 Å². The Hall–Kier alpha value is -3.30. The van der Waals surface area contributed by atoms with Crippen molar-refractivity contribution < 1.29 is 18.8 Å². The van der Waals surface area contributed by atoms with Crippen LogP contribution in [-0.4, -0.2) is 40.7 Å². The molecule has 0 radical (unpaired) electrons. The summed E-state index contributed by atoms with van der Waals surface area (Å²) in [6, 6.07) is 12.4. The standard InChI is InChI=1S/C25H26ClFN4O3S/c1-16(2)13-31(24(34)18-5-7-19(26)8-6-18)14-23(33)30-25-29-21(15-35-25)11-22(32)28-12-17-3-9-20(27)10-4-17/h3-10,15-16H,11-14H2,1-2H3,(H,28,32)(H,29,30,33). The van der Waals surface area contributed by atoms with E-state index in [1.54, 1.807) is 41.8 Å². The summed E-state index contributed by atoms with van der Waals surface area (Å²) in [7, 11) is 0. The number of hydrogen-bond donors (Lipinski definition) is 2. The first-order valence-electron chi connectivity index (χ1n) is 11.0. The number of thiazole rings is 1. The van der Waals surface area contributed by atoms with E-state index in [-0.39, 0.29) is 49.0 Å². The SMILES string of the molecule is CC(C)CN(CC(=O)Nc1nc(CC(=O)NCc2ccc(F)cc2)cs1)C(=O)c1ccc(Cl)cc1. The molecule has 3 amide bonds. The monoisotopic (exact) mass is 516 g/mol. The van der Waals surface area contributed by atoms with E-state index in [0.29, 0.717) is 28.0 Å². The molecule has 0 aliphatic carbocycles. The molecule has 0 spiro atoms. The van der Waals surface area contributed by atoms with Gasteiger partial charge in [0.15, 0.2) is 5.13 Å². The summed E-state index contributed by atoms with van der Waals surface area (Å²) < 4.78 is 13.0. The van der Waals surface area contributed by atoms with Crippen LogP contribution < -0.4 is 10.6 Å². The van der Waals surface area contributed by atoms with Crippen molar-refractivity contribution in [2.45, 2.75) is 26.8 Å². The Morgan fingerprint density at radius 2 is 1.74 bits per heavy atom. The summed E-state index contributed by atoms with van der Waals surface area (Å²) in [5.41, 5.74) is 1.74. The van der Waals surface area contributed by atoms with Gasteiger partial charge in [-0.2, -0.15) is 0 Å². The number of amides is 3. The van der Waals surface area contributed by atoms with E-state index >= 15 is 0 Å². The van der Waals surface area contributed by atoms with Gasteiger partial charge in [-0.3, -0.25) is 14.4 Å². The summed E-state index contributed by atoms with van der Waals surface area (Å²) in [4.78, 5) is 43.5. The van der Waals surface area contributed by atoms with Crippen LogP contribution in [0.2, 0.25) is 5.02 Å². The second-order valence-corrected chi connectivity index (χ2v) is 9.65. The van der Waals surface area contributed by atoms with Crippen LogP contribution in [0.15, 0.2) is 53.9 Å². The van der Waals surface area contributed by atoms with E-state index in [0.717, 1.165) is 5.56 Å². The number of carbonyl (C=O) groups excluding carboxylic acids is 3. The highest BCUT2D eigenvalue weighted by Crippen LogP contribution is 2.17. The van der Waals surface area contributed by atoms with Crippen molar-refractivity contribution >= 4 is 45.8 Å². The van der Waals surface area contributed by atoms with E-state index in [1.807, 2.05) is 13.8 Å². The molecule has 0 bridgehead atoms. The number of halogens is 2. The third-order valence-electron chi connectivity index (χ3n) is 4.84. The molecule has 2 aromatic carbocycles. The average Bonchev–Trinajstić information content (AvgIpc) is 3.24. The Morgan fingerprint density at radius 3 is 2.40 bits per heavy atom. The average molecular weight is 517 g/mol. The molecule has 0 fully saturated rings. The smallest absolute Gasteiger partial charge is 0.254 e. The van der Waals surface area contributed by atoms with Crippen LogP contribution in [0, 0.1) is 11.7 Å². The van der Waals surface area contributed by atoms with Gasteiger partial charge < -0.3 is 15.5 Å². The molecule has 184 valence electrons. The molecular formula is C25H26ClFN4O3S. The molecule has 1 heterocycles. The molecule has 3 rings (SSSR count). The Labute approximate surface area is 212 Å². The highest BCUT2D eigenvalue weighted by molar-refractivity contribution is 7.13. The van der Waals surface area contributed by atoms with Crippen LogP contribution in [0.4, 0.5) is 9.52 Å². The lowest BCUT2D eigenvalue weighted by Gasteiger charge is -2.24. The van der Waals surface area contributed by atoms with E-state index in [4.69, 9.17) is 11.6 Å². The number of carbonyl (C=O) groups is 3. The van der Waals surface area contributed by atoms with Gasteiger partial charge in [-0.1, -0.05) is 37.6 Å². The summed E-state index contributed by atoms with van der Waals surface area (Å²) in [6.45, 7) is 4.49. The van der Waals surface area contributed by atoms with E-state index in [1.165, 1.54) is 28.4 Å². The maximum Gasteiger partial charge on any atom is 0.254 e. The van der Waals surface area contributed by atoms with E-state index in [9.17, 15) is 18.8 Å². The van der Waals surface area contributed by atoms with Crippen molar-refractivity contribution in [2.75, 3.05) is 18.4 Å². The molecule has 0 atom stereocenters. The van der Waals surface area contributed by atoms with Crippen molar-refractivity contribution in [3.8, 4) is 0 Å². The maximum absolute atomic E-state index is 13.0. The second-order valence-electron chi connectivity index (χ2n) is 8.36. The van der Waals surface area contributed by atoms with Gasteiger partial charge in [-0.25, -0.2) is 9.37 Å². The summed E-state index contributed by atoms with van der Waals surface area (Å²) in [5.74, 6) is -1.05. The predicted octanol–water partition coefficient (Wildman–Crippen LogP) is 4.53. The zero-order valence-electron chi connectivity index (χ0n) is 19.4. The summed E-state index contributed by atoms with van der Waals surface area (Å²) >= 11 is 7.11. The highest BCUT2D eigenvalue weighted by atomic mass is 35.5. The molecule has 1 aromatic heterocycles. The largest absolute Gasteiger partial charge is 0.352 e. The van der Waals surface area contributed by atoms with E-state index < -0.39 is 0 Å². The number of nitrogens with one attached hydrogen (secondary N) is 2. The number of hydrogen-bond acceptors (Lipinski definition) is 5. The van der Waals surface area contributed by atoms with Crippen LogP contribution >= 0.6 is 22.9 Å². The normalized spacial score (nSPS) is 10.8. The molecule has 10 heteroatoms. The lowest BCUT2D eigenvalue weighted by molar-refractivity contribution is -0.120. The van der Waals surface area contributed by atoms with E-state index in [2.05, 4.69) is 15.6 Å². The Morgan fingerprint density at radius 1 is 1.06 bits per heavy atom. The zero-order chi connectivity index (χ0) is 25.4. The zero-order valence-corrected chi connectivity index (χ0v) is 21.0. The first-order valence-corrected chi connectivity index (χ1v) is 12.3. The van der Waals surface area contributed by atoms with Crippen LogP contribution in [-0.2, 0) is 22.6 Å². The molecule has 0 aliphatic heterocycles. The maximum atomic E-state index is 13.0. The molecular weight excluding hydrogens is 491 g/mol. The fourth-order valence-electron chi connectivity index (χ4n) is 3.24. The number of nitrogens with zero attached hydrogens (tertiary/aromatic N) is 2. The van der Waals surface area contributed by atoms with Crippen molar-refractivity contribution in [3.63, 3.8) is 0 Å². The topological polar surface area (TPSA) is 91.4 Å². The molecule has 7 nitrogen and oxygen atoms in total. The minimum atomic E-state index is -0.380. The summed E-state index contributed by atoms with van der Waals surface area (Å²) in [5, 5.41) is 8.03. The van der Waals surface area contributed by atoms with Gasteiger partial charge in [-0.15, -0.1) is 11.3 Å². The minimum absolute atomic E-state index is 0.0437. The van der Waals surface area contributed by atoms with Crippen molar-refractivity contribution in [2.24, 2.45) is 5.92 Å². The lowest BCUT2D eigenvalue weighted by atomic mass is 10.1. The second kappa shape index (κ2) is 12.4. The van der Waals surface area contributed by atoms with Gasteiger partial charge in [0.05, 0.1) is 12.1 Å². The van der Waals surface area contributed by atoms with Crippen LogP contribution in [0.1, 0.15) is 35.5 Å². The van der Waals surface area contributed by atoms with Crippen molar-refractivity contribution in [3.05, 3.63) is 81.6 Å². The third kappa shape index (κ3) is 8.45. The van der Waals surface area contributed by atoms with Gasteiger partial charge in [0, 0.05) is 29.1 Å². The van der Waals surface area contributed by atoms with Gasteiger partial charge in [0.2, 0.25) is 11.8 Å². The molecule has 0 aliphatic rings. The van der Waals surface area contributed by atoms with Gasteiger partial charge in [0.25, 0.3) is 5.91 Å². The molecule has 3 aromatic rings. The molecule has 0 saturated heterocycles. The van der Waals surface area contributed by atoms with Gasteiger partial charge in [-0.05, 0) is 47.9 Å². The van der Waals surface area contributed by atoms with Crippen molar-refractivity contribution in [1.82, 2.24) is 15.2 Å². The lowest BCUT2D eigenvalue weighted by Crippen LogP contribution is -2.40. The Balaban J connectivity index is 1.53. The first kappa shape index (κ1) is 26.3. The van der Waals surface area contributed by atoms with Gasteiger partial charge >= 0.3 is 0 Å². The van der Waals surface area contributed by atoms with Crippen LogP contribution in [0.3, 0.4) is 0 Å².